The third kappa shape index (κ3) is 3.68. The van der Waals surface area contributed by atoms with E-state index in [4.69, 9.17) is 9.88 Å². The lowest BCUT2D eigenvalue weighted by molar-refractivity contribution is 0.0606. The molecule has 1 saturated carbocycles. The Bertz CT molecular complexity index is 513. The molecule has 0 heterocycles. The first kappa shape index (κ1) is 14.3. The van der Waals surface area contributed by atoms with Crippen LogP contribution in [0.4, 0.5) is 5.69 Å². The SMILES string of the molecule is COC1CCCCC1Nc1ccc(S(N)(=O)=O)cc1. The van der Waals surface area contributed by atoms with Gasteiger partial charge in [0.1, 0.15) is 0 Å². The number of rotatable bonds is 4. The molecule has 1 aromatic carbocycles. The molecule has 1 aliphatic carbocycles. The summed E-state index contributed by atoms with van der Waals surface area (Å²) < 4.78 is 27.8. The van der Waals surface area contributed by atoms with Gasteiger partial charge in [-0.05, 0) is 37.1 Å². The summed E-state index contributed by atoms with van der Waals surface area (Å²) >= 11 is 0. The Balaban J connectivity index is 2.06. The highest BCUT2D eigenvalue weighted by Crippen LogP contribution is 2.24. The van der Waals surface area contributed by atoms with Gasteiger partial charge in [0.05, 0.1) is 17.0 Å². The lowest BCUT2D eigenvalue weighted by Gasteiger charge is -2.31. The number of primary sulfonamides is 1. The van der Waals surface area contributed by atoms with Gasteiger partial charge in [-0.15, -0.1) is 0 Å². The average Bonchev–Trinajstić information content (AvgIpc) is 2.39. The van der Waals surface area contributed by atoms with Crippen molar-refractivity contribution in [2.75, 3.05) is 12.4 Å². The Morgan fingerprint density at radius 3 is 2.42 bits per heavy atom. The van der Waals surface area contributed by atoms with Crippen LogP contribution in [0.3, 0.4) is 0 Å². The minimum absolute atomic E-state index is 0.130. The maximum absolute atomic E-state index is 11.2. The van der Waals surface area contributed by atoms with E-state index in [9.17, 15) is 8.42 Å². The molecule has 1 aliphatic rings. The number of sulfonamides is 1. The normalized spacial score (nSPS) is 24.1. The van der Waals surface area contributed by atoms with Crippen LogP contribution in [0.1, 0.15) is 25.7 Å². The highest BCUT2D eigenvalue weighted by Gasteiger charge is 2.24. The predicted octanol–water partition coefficient (Wildman–Crippen LogP) is 1.70. The molecular weight excluding hydrogens is 264 g/mol. The smallest absolute Gasteiger partial charge is 0.238 e. The second kappa shape index (κ2) is 5.90. The van der Waals surface area contributed by atoms with Crippen LogP contribution in [0.2, 0.25) is 0 Å². The molecule has 5 nitrogen and oxygen atoms in total. The molecule has 3 N–H and O–H groups in total. The van der Waals surface area contributed by atoms with Crippen LogP contribution in [0.25, 0.3) is 0 Å². The fourth-order valence-electron chi connectivity index (χ4n) is 2.50. The summed E-state index contributed by atoms with van der Waals surface area (Å²) in [6.45, 7) is 0. The lowest BCUT2D eigenvalue weighted by atomic mass is 9.92. The molecule has 0 amide bonds. The first-order valence-electron chi connectivity index (χ1n) is 6.43. The van der Waals surface area contributed by atoms with Gasteiger partial charge in [-0.1, -0.05) is 12.8 Å². The van der Waals surface area contributed by atoms with Crippen LogP contribution >= 0.6 is 0 Å². The summed E-state index contributed by atoms with van der Waals surface area (Å²) in [6.07, 6.45) is 4.72. The van der Waals surface area contributed by atoms with Crippen LogP contribution < -0.4 is 10.5 Å². The van der Waals surface area contributed by atoms with Gasteiger partial charge in [-0.2, -0.15) is 0 Å². The van der Waals surface area contributed by atoms with Crippen molar-refractivity contribution in [1.29, 1.82) is 0 Å². The van der Waals surface area contributed by atoms with Crippen molar-refractivity contribution in [1.82, 2.24) is 0 Å². The van der Waals surface area contributed by atoms with Crippen LogP contribution in [0, 0.1) is 0 Å². The first-order chi connectivity index (χ1) is 9.00. The van der Waals surface area contributed by atoms with Gasteiger partial charge in [0.15, 0.2) is 0 Å². The van der Waals surface area contributed by atoms with Crippen LogP contribution in [-0.2, 0) is 14.8 Å². The summed E-state index contributed by atoms with van der Waals surface area (Å²) in [5, 5.41) is 8.47. The minimum atomic E-state index is -3.62. The highest BCUT2D eigenvalue weighted by atomic mass is 32.2. The van der Waals surface area contributed by atoms with E-state index in [2.05, 4.69) is 5.32 Å². The number of nitrogens with one attached hydrogen (secondary N) is 1. The van der Waals surface area contributed by atoms with Crippen molar-refractivity contribution >= 4 is 15.7 Å². The second-order valence-electron chi connectivity index (χ2n) is 4.88. The molecule has 19 heavy (non-hydrogen) atoms. The summed E-state index contributed by atoms with van der Waals surface area (Å²) in [5.41, 5.74) is 0.890. The Hall–Kier alpha value is -1.11. The van der Waals surface area contributed by atoms with Crippen molar-refractivity contribution in [2.45, 2.75) is 42.7 Å². The zero-order chi connectivity index (χ0) is 13.9. The van der Waals surface area contributed by atoms with E-state index in [0.717, 1.165) is 18.5 Å². The monoisotopic (exact) mass is 284 g/mol. The zero-order valence-electron chi connectivity index (χ0n) is 11.0. The van der Waals surface area contributed by atoms with E-state index < -0.39 is 10.0 Å². The number of hydrogen-bond donors (Lipinski definition) is 2. The standard InChI is InChI=1S/C13H20N2O3S/c1-18-13-5-3-2-4-12(13)15-10-6-8-11(9-7-10)19(14,16)17/h6-9,12-13,15H,2-5H2,1H3,(H2,14,16,17). The largest absolute Gasteiger partial charge is 0.380 e. The third-order valence-electron chi connectivity index (χ3n) is 3.54. The topological polar surface area (TPSA) is 81.4 Å². The number of methoxy groups -OCH3 is 1. The Labute approximate surface area is 114 Å². The van der Waals surface area contributed by atoms with Gasteiger partial charge in [0, 0.05) is 12.8 Å². The number of benzene rings is 1. The van der Waals surface area contributed by atoms with Crippen molar-refractivity contribution in [3.05, 3.63) is 24.3 Å². The van der Waals surface area contributed by atoms with E-state index in [1.54, 1.807) is 19.2 Å². The average molecular weight is 284 g/mol. The molecule has 0 radical (unpaired) electrons. The van der Waals surface area contributed by atoms with Crippen molar-refractivity contribution < 1.29 is 13.2 Å². The molecule has 1 fully saturated rings. The van der Waals surface area contributed by atoms with Crippen molar-refractivity contribution in [2.24, 2.45) is 5.14 Å². The van der Waals surface area contributed by atoms with Gasteiger partial charge in [0.25, 0.3) is 0 Å². The van der Waals surface area contributed by atoms with Crippen LogP contribution in [-0.4, -0.2) is 27.7 Å². The van der Waals surface area contributed by atoms with E-state index in [1.807, 2.05) is 0 Å². The summed E-state index contributed by atoms with van der Waals surface area (Å²) in [6, 6.07) is 6.78. The molecular formula is C13H20N2O3S. The Kier molecular flexibility index (Phi) is 4.44. The maximum atomic E-state index is 11.2. The van der Waals surface area contributed by atoms with Crippen LogP contribution in [0.5, 0.6) is 0 Å². The quantitative estimate of drug-likeness (QED) is 0.881. The Morgan fingerprint density at radius 2 is 1.84 bits per heavy atom. The number of anilines is 1. The molecule has 0 bridgehead atoms. The molecule has 2 rings (SSSR count). The summed E-state index contributed by atoms with van der Waals surface area (Å²) in [4.78, 5) is 0.130. The fraction of sp³-hybridized carbons (Fsp3) is 0.538. The fourth-order valence-corrected chi connectivity index (χ4v) is 3.01. The molecule has 2 atom stereocenters. The molecule has 0 aliphatic heterocycles. The minimum Gasteiger partial charge on any atom is -0.380 e. The Morgan fingerprint density at radius 1 is 1.21 bits per heavy atom. The first-order valence-corrected chi connectivity index (χ1v) is 7.97. The molecule has 0 saturated heterocycles. The molecule has 106 valence electrons. The zero-order valence-corrected chi connectivity index (χ0v) is 11.8. The number of nitrogens with two attached hydrogens (primary N) is 1. The van der Waals surface area contributed by atoms with E-state index in [1.165, 1.54) is 25.0 Å². The lowest BCUT2D eigenvalue weighted by Crippen LogP contribution is -2.37. The molecule has 0 aromatic heterocycles. The van der Waals surface area contributed by atoms with Crippen molar-refractivity contribution in [3.8, 4) is 0 Å². The van der Waals surface area contributed by atoms with E-state index in [-0.39, 0.29) is 17.0 Å². The third-order valence-corrected chi connectivity index (χ3v) is 4.47. The van der Waals surface area contributed by atoms with Gasteiger partial charge < -0.3 is 10.1 Å². The van der Waals surface area contributed by atoms with Gasteiger partial charge in [0.2, 0.25) is 10.0 Å². The van der Waals surface area contributed by atoms with Gasteiger partial charge >= 0.3 is 0 Å². The summed E-state index contributed by atoms with van der Waals surface area (Å²) in [7, 11) is -1.89. The number of ether oxygens (including phenoxy) is 1. The second-order valence-corrected chi connectivity index (χ2v) is 6.44. The molecule has 6 heteroatoms. The molecule has 2 unspecified atom stereocenters. The highest BCUT2D eigenvalue weighted by molar-refractivity contribution is 7.89. The maximum Gasteiger partial charge on any atom is 0.238 e. The molecule has 1 aromatic rings. The van der Waals surface area contributed by atoms with Crippen molar-refractivity contribution in [3.63, 3.8) is 0 Å². The van der Waals surface area contributed by atoms with E-state index >= 15 is 0 Å². The van der Waals surface area contributed by atoms with Crippen LogP contribution in [0.15, 0.2) is 29.2 Å². The molecule has 0 spiro atoms. The van der Waals surface area contributed by atoms with Gasteiger partial charge in [-0.3, -0.25) is 0 Å². The predicted molar refractivity (Wildman–Crippen MR) is 74.5 cm³/mol. The number of hydrogen-bond acceptors (Lipinski definition) is 4. The van der Waals surface area contributed by atoms with E-state index in [0.29, 0.717) is 0 Å². The van der Waals surface area contributed by atoms with Gasteiger partial charge in [-0.25, -0.2) is 13.6 Å². The summed E-state index contributed by atoms with van der Waals surface area (Å²) in [5.74, 6) is 0.